The summed E-state index contributed by atoms with van der Waals surface area (Å²) in [6, 6.07) is 20.2. The quantitative estimate of drug-likeness (QED) is 0.0454. The molecular formula is C56H67N5O7. The van der Waals surface area contributed by atoms with Crippen molar-refractivity contribution in [2.24, 2.45) is 17.6 Å². The molecule has 0 radical (unpaired) electrons. The number of benzene rings is 4. The van der Waals surface area contributed by atoms with E-state index in [4.69, 9.17) is 24.7 Å². The third kappa shape index (κ3) is 8.88. The normalized spacial score (nSPS) is 23.1. The molecule has 68 heavy (non-hydrogen) atoms. The topological polar surface area (TPSA) is 169 Å². The summed E-state index contributed by atoms with van der Waals surface area (Å²) in [6.45, 7) is 7.74. The summed E-state index contributed by atoms with van der Waals surface area (Å²) in [5, 5.41) is 36.6. The Bertz CT molecular complexity index is 2690. The van der Waals surface area contributed by atoms with Gasteiger partial charge in [-0.15, -0.1) is 0 Å². The van der Waals surface area contributed by atoms with Crippen molar-refractivity contribution in [1.82, 2.24) is 16.0 Å². The SMILES string of the molecule is CCNc1ccccc1CC[C@H]1C2=C(C#CCc3cc(O)c(OC(CNC)CNC)cc3[C@H]3Oc4c(ccc5c4[C@]4(CC[C@@H]1C4)Cc1cc(O)cc(OC)c1-5)[C@@H]3COC(C)=O)NC(N)C(CC)=C2. The van der Waals surface area contributed by atoms with Crippen molar-refractivity contribution in [1.29, 1.82) is 0 Å². The van der Waals surface area contributed by atoms with Crippen LogP contribution in [0.5, 0.6) is 28.7 Å². The average molecular weight is 922 g/mol. The number of aromatic hydroxyl groups is 2. The fourth-order valence-electron chi connectivity index (χ4n) is 12.0. The van der Waals surface area contributed by atoms with Crippen molar-refractivity contribution in [3.05, 3.63) is 117 Å². The Balaban J connectivity index is 1.29. The molecule has 4 aromatic rings. The van der Waals surface area contributed by atoms with Crippen LogP contribution in [-0.2, 0) is 34.2 Å². The average Bonchev–Trinajstić information content (AvgIpc) is 3.91. The number of phenols is 2. The number of carbonyl (C=O) groups excluding carboxylic acids is 1. The van der Waals surface area contributed by atoms with Crippen molar-refractivity contribution in [3.63, 3.8) is 0 Å². The largest absolute Gasteiger partial charge is 0.508 e. The molecule has 8 N–H and O–H groups in total. The molecule has 0 aromatic heterocycles. The maximum absolute atomic E-state index is 12.7. The molecule has 4 bridgehead atoms. The molecule has 0 saturated heterocycles. The zero-order chi connectivity index (χ0) is 47.7. The number of hydrogen-bond donors (Lipinski definition) is 7. The number of hydrogen-bond acceptors (Lipinski definition) is 12. The first-order valence-electron chi connectivity index (χ1n) is 24.5. The molecule has 1 spiro atoms. The third-order valence-electron chi connectivity index (χ3n) is 15.0. The van der Waals surface area contributed by atoms with Crippen LogP contribution < -0.4 is 41.2 Å². The van der Waals surface area contributed by atoms with Crippen LogP contribution >= 0.6 is 0 Å². The molecule has 12 nitrogen and oxygen atoms in total. The summed E-state index contributed by atoms with van der Waals surface area (Å²) in [5.74, 6) is 8.63. The zero-order valence-corrected chi connectivity index (χ0v) is 40.3. The van der Waals surface area contributed by atoms with E-state index in [1.54, 1.807) is 19.2 Å². The van der Waals surface area contributed by atoms with Gasteiger partial charge in [0.2, 0.25) is 0 Å². The number of phenolic OH excluding ortho intramolecular Hbond substituents is 2. The van der Waals surface area contributed by atoms with E-state index in [0.29, 0.717) is 31.0 Å². The van der Waals surface area contributed by atoms with Crippen LogP contribution in [0.4, 0.5) is 5.69 Å². The number of ether oxygens (including phenoxy) is 4. The van der Waals surface area contributed by atoms with Crippen LogP contribution in [0.15, 0.2) is 83.6 Å². The van der Waals surface area contributed by atoms with Gasteiger partial charge in [0, 0.05) is 72.4 Å². The number of aryl methyl sites for hydroxylation is 1. The van der Waals surface area contributed by atoms with Gasteiger partial charge in [0.1, 0.15) is 36.1 Å². The Labute approximate surface area is 401 Å². The highest BCUT2D eigenvalue weighted by atomic mass is 16.5. The van der Waals surface area contributed by atoms with Crippen molar-refractivity contribution < 1.29 is 34.0 Å². The smallest absolute Gasteiger partial charge is 0.302 e. The summed E-state index contributed by atoms with van der Waals surface area (Å²) in [4.78, 5) is 12.7. The summed E-state index contributed by atoms with van der Waals surface area (Å²) >= 11 is 0. The van der Waals surface area contributed by atoms with Crippen molar-refractivity contribution >= 4 is 11.7 Å². The molecule has 2 aliphatic carbocycles. The number of para-hydroxylation sites is 1. The molecule has 1 saturated carbocycles. The molecule has 12 heteroatoms. The highest BCUT2D eigenvalue weighted by Gasteiger charge is 2.52. The van der Waals surface area contributed by atoms with Gasteiger partial charge in [-0.25, -0.2) is 0 Å². The lowest BCUT2D eigenvalue weighted by Gasteiger charge is -2.40. The molecule has 6 atom stereocenters. The van der Waals surface area contributed by atoms with Crippen molar-refractivity contribution in [2.45, 2.75) is 102 Å². The predicted octanol–water partition coefficient (Wildman–Crippen LogP) is 8.05. The number of anilines is 1. The van der Waals surface area contributed by atoms with E-state index in [1.165, 1.54) is 18.1 Å². The lowest BCUT2D eigenvalue weighted by molar-refractivity contribution is -0.141. The first-order valence-corrected chi connectivity index (χ1v) is 24.5. The van der Waals surface area contributed by atoms with Crippen LogP contribution in [0, 0.1) is 23.7 Å². The fraction of sp³-hybridized carbons (Fsp3) is 0.446. The first-order chi connectivity index (χ1) is 33.0. The van der Waals surface area contributed by atoms with Crippen LogP contribution in [-0.4, -0.2) is 75.9 Å². The molecular weight excluding hydrogens is 855 g/mol. The molecule has 0 amide bonds. The zero-order valence-electron chi connectivity index (χ0n) is 40.3. The van der Waals surface area contributed by atoms with Crippen LogP contribution in [0.2, 0.25) is 0 Å². The van der Waals surface area contributed by atoms with Gasteiger partial charge in [-0.2, -0.15) is 0 Å². The van der Waals surface area contributed by atoms with E-state index in [0.717, 1.165) is 107 Å². The van der Waals surface area contributed by atoms with Crippen molar-refractivity contribution in [2.75, 3.05) is 52.8 Å². The Kier molecular flexibility index (Phi) is 13.7. The number of allylic oxidation sites excluding steroid dienone is 3. The van der Waals surface area contributed by atoms with Gasteiger partial charge < -0.3 is 56.2 Å². The van der Waals surface area contributed by atoms with E-state index in [9.17, 15) is 15.0 Å². The van der Waals surface area contributed by atoms with Gasteiger partial charge in [-0.05, 0) is 141 Å². The molecule has 358 valence electrons. The maximum Gasteiger partial charge on any atom is 0.302 e. The van der Waals surface area contributed by atoms with E-state index in [2.05, 4.69) is 89.4 Å². The van der Waals surface area contributed by atoms with E-state index in [-0.39, 0.29) is 60.0 Å². The summed E-state index contributed by atoms with van der Waals surface area (Å²) < 4.78 is 26.0. The van der Waals surface area contributed by atoms with Crippen LogP contribution in [0.25, 0.3) is 11.1 Å². The molecule has 4 aromatic carbocycles. The highest BCUT2D eigenvalue weighted by molar-refractivity contribution is 5.84. The number of fused-ring (bicyclic) bond motifs is 6. The minimum atomic E-state index is -0.624. The highest BCUT2D eigenvalue weighted by Crippen LogP contribution is 2.63. The van der Waals surface area contributed by atoms with Crippen LogP contribution in [0.3, 0.4) is 0 Å². The standard InChI is InChI=1S/C56H67N5O7/c1-7-33-23-44-40(17-16-34-12-9-10-14-46(34)60-8-2)36-20-21-56(27-36)28-37-22-38(63)25-50(65-6)51(37)42-19-18-41-45(31-66-32(3)62)53(68-54(41)52(42)56)43-26-49(67-39(29-58-4)30-59-5)48(64)24-35(43)13-11-15-47(44)61-55(33)57/h9-10,12,14,18-19,22-26,36,39-40,45,53,55,58-61,63-64H,7-8,13,16-17,20-21,27-31,57H2,1-6H3/t36-,40-,45+,53-,55?,56+/m1/s1. The monoisotopic (exact) mass is 922 g/mol. The maximum atomic E-state index is 12.7. The second-order valence-corrected chi connectivity index (χ2v) is 19.2. The minimum absolute atomic E-state index is 0.000497. The molecule has 5 aliphatic rings. The van der Waals surface area contributed by atoms with Gasteiger partial charge in [0.25, 0.3) is 0 Å². The number of likely N-dealkylation sites (N-methyl/N-ethyl adjacent to an activating group) is 2. The van der Waals surface area contributed by atoms with Crippen LogP contribution in [0.1, 0.15) is 98.3 Å². The van der Waals surface area contributed by atoms with Gasteiger partial charge in [-0.1, -0.05) is 49.3 Å². The Hall–Kier alpha value is -6.13. The molecule has 1 fully saturated rings. The van der Waals surface area contributed by atoms with Gasteiger partial charge >= 0.3 is 5.97 Å². The Morgan fingerprint density at radius 3 is 2.57 bits per heavy atom. The summed E-state index contributed by atoms with van der Waals surface area (Å²) in [7, 11) is 5.39. The number of nitrogens with one attached hydrogen (secondary N) is 4. The minimum Gasteiger partial charge on any atom is -0.508 e. The van der Waals surface area contributed by atoms with Gasteiger partial charge in [0.05, 0.1) is 24.9 Å². The number of esters is 1. The second-order valence-electron chi connectivity index (χ2n) is 19.2. The van der Waals surface area contributed by atoms with Crippen molar-refractivity contribution in [3.8, 4) is 51.7 Å². The van der Waals surface area contributed by atoms with Gasteiger partial charge in [0.15, 0.2) is 11.5 Å². The van der Waals surface area contributed by atoms with E-state index >= 15 is 0 Å². The molecule has 3 aliphatic heterocycles. The van der Waals surface area contributed by atoms with E-state index < -0.39 is 12.0 Å². The summed E-state index contributed by atoms with van der Waals surface area (Å²) in [5.41, 5.74) is 18.8. The number of rotatable bonds is 15. The number of carbonyl (C=O) groups is 1. The molecule has 9 rings (SSSR count). The fourth-order valence-corrected chi connectivity index (χ4v) is 12.0. The Morgan fingerprint density at radius 1 is 1.01 bits per heavy atom. The van der Waals surface area contributed by atoms with E-state index in [1.807, 2.05) is 26.2 Å². The van der Waals surface area contributed by atoms with Gasteiger partial charge in [-0.3, -0.25) is 4.79 Å². The second kappa shape index (κ2) is 19.8. The molecule has 3 heterocycles. The summed E-state index contributed by atoms with van der Waals surface area (Å²) in [6.07, 6.45) is 7.28. The molecule has 1 unspecified atom stereocenters. The number of methoxy groups -OCH3 is 1. The number of nitrogens with two attached hydrogens (primary N) is 1. The predicted molar refractivity (Wildman–Crippen MR) is 266 cm³/mol. The number of dihydropyridines is 1. The first kappa shape index (κ1) is 47.0. The lowest BCUT2D eigenvalue weighted by atomic mass is 9.64. The third-order valence-corrected chi connectivity index (χ3v) is 15.0. The lowest BCUT2D eigenvalue weighted by Crippen LogP contribution is -2.42. The Morgan fingerprint density at radius 2 is 1.82 bits per heavy atom.